The van der Waals surface area contributed by atoms with Gasteiger partial charge in [0.1, 0.15) is 5.75 Å². The maximum Gasteiger partial charge on any atom is 0.419 e. The number of hydrogen-bond donors (Lipinski definition) is 1. The molecule has 21 heavy (non-hydrogen) atoms. The smallest absolute Gasteiger partial charge is 0.419 e. The van der Waals surface area contributed by atoms with E-state index in [1.165, 1.54) is 31.4 Å². The second kappa shape index (κ2) is 5.47. The Bertz CT molecular complexity index is 664. The molecule has 0 bridgehead atoms. The fourth-order valence-electron chi connectivity index (χ4n) is 1.93. The summed E-state index contributed by atoms with van der Waals surface area (Å²) in [7, 11) is 1.19. The van der Waals surface area contributed by atoms with Crippen LogP contribution in [0.3, 0.4) is 0 Å². The van der Waals surface area contributed by atoms with Crippen LogP contribution in [-0.4, -0.2) is 13.0 Å². The summed E-state index contributed by atoms with van der Waals surface area (Å²) >= 11 is 0. The number of benzene rings is 2. The van der Waals surface area contributed by atoms with Gasteiger partial charge < -0.3 is 10.5 Å². The highest BCUT2D eigenvalue weighted by Gasteiger charge is 2.34. The average Bonchev–Trinajstić information content (AvgIpc) is 2.45. The number of carbonyl (C=O) groups excluding carboxylic acids is 1. The molecule has 2 N–H and O–H groups in total. The highest BCUT2D eigenvalue weighted by Crippen LogP contribution is 2.38. The summed E-state index contributed by atoms with van der Waals surface area (Å²) in [6.07, 6.45) is -4.47. The van der Waals surface area contributed by atoms with E-state index in [0.717, 1.165) is 6.07 Å². The Kier molecular flexibility index (Phi) is 3.88. The number of methoxy groups -OCH3 is 1. The van der Waals surface area contributed by atoms with Gasteiger partial charge in [-0.1, -0.05) is 18.2 Å². The minimum absolute atomic E-state index is 0.251. The fourth-order valence-corrected chi connectivity index (χ4v) is 1.93. The van der Waals surface area contributed by atoms with Gasteiger partial charge in [-0.15, -0.1) is 0 Å². The third-order valence-corrected chi connectivity index (χ3v) is 3.01. The van der Waals surface area contributed by atoms with Crippen LogP contribution in [-0.2, 0) is 6.18 Å². The SMILES string of the molecule is COc1cc(-c2ccc(C(N)=O)cc2)ccc1C(F)(F)F. The lowest BCUT2D eigenvalue weighted by atomic mass is 10.0. The predicted octanol–water partition coefficient (Wildman–Crippen LogP) is 3.48. The molecule has 0 aliphatic rings. The lowest BCUT2D eigenvalue weighted by Crippen LogP contribution is -2.10. The van der Waals surface area contributed by atoms with Gasteiger partial charge in [-0.05, 0) is 35.4 Å². The van der Waals surface area contributed by atoms with Crippen LogP contribution < -0.4 is 10.5 Å². The monoisotopic (exact) mass is 295 g/mol. The van der Waals surface area contributed by atoms with Crippen molar-refractivity contribution in [1.29, 1.82) is 0 Å². The van der Waals surface area contributed by atoms with E-state index in [1.54, 1.807) is 12.1 Å². The normalized spacial score (nSPS) is 11.2. The van der Waals surface area contributed by atoms with E-state index < -0.39 is 17.6 Å². The zero-order valence-electron chi connectivity index (χ0n) is 11.1. The molecule has 1 amide bonds. The molecule has 0 saturated carbocycles. The van der Waals surface area contributed by atoms with E-state index in [1.807, 2.05) is 0 Å². The zero-order chi connectivity index (χ0) is 15.6. The first kappa shape index (κ1) is 14.9. The largest absolute Gasteiger partial charge is 0.496 e. The van der Waals surface area contributed by atoms with Crippen molar-refractivity contribution >= 4 is 5.91 Å². The van der Waals surface area contributed by atoms with Crippen molar-refractivity contribution in [2.75, 3.05) is 7.11 Å². The number of hydrogen-bond acceptors (Lipinski definition) is 2. The van der Waals surface area contributed by atoms with Gasteiger partial charge in [0.15, 0.2) is 0 Å². The summed E-state index contributed by atoms with van der Waals surface area (Å²) < 4.78 is 43.1. The molecule has 2 rings (SSSR count). The van der Waals surface area contributed by atoms with Gasteiger partial charge in [-0.25, -0.2) is 0 Å². The van der Waals surface area contributed by atoms with E-state index in [0.29, 0.717) is 16.7 Å². The number of nitrogens with two attached hydrogens (primary N) is 1. The van der Waals surface area contributed by atoms with E-state index in [2.05, 4.69) is 0 Å². The van der Waals surface area contributed by atoms with Crippen LogP contribution in [0.2, 0.25) is 0 Å². The third-order valence-electron chi connectivity index (χ3n) is 3.01. The van der Waals surface area contributed by atoms with Crippen LogP contribution >= 0.6 is 0 Å². The molecule has 0 atom stereocenters. The highest BCUT2D eigenvalue weighted by atomic mass is 19.4. The molecule has 0 heterocycles. The summed E-state index contributed by atoms with van der Waals surface area (Å²) in [6, 6.07) is 9.89. The minimum Gasteiger partial charge on any atom is -0.496 e. The lowest BCUT2D eigenvalue weighted by Gasteiger charge is -2.13. The third kappa shape index (κ3) is 3.16. The number of alkyl halides is 3. The van der Waals surface area contributed by atoms with Crippen molar-refractivity contribution in [3.63, 3.8) is 0 Å². The Morgan fingerprint density at radius 3 is 2.10 bits per heavy atom. The van der Waals surface area contributed by atoms with E-state index >= 15 is 0 Å². The number of carbonyl (C=O) groups is 1. The Morgan fingerprint density at radius 2 is 1.62 bits per heavy atom. The maximum atomic E-state index is 12.8. The molecular formula is C15H12F3NO2. The van der Waals surface area contributed by atoms with Crippen LogP contribution in [0.4, 0.5) is 13.2 Å². The van der Waals surface area contributed by atoms with E-state index in [4.69, 9.17) is 10.5 Å². The number of amides is 1. The Balaban J connectivity index is 2.43. The Morgan fingerprint density at radius 1 is 1.05 bits per heavy atom. The van der Waals surface area contributed by atoms with Gasteiger partial charge >= 0.3 is 6.18 Å². The molecule has 2 aromatic carbocycles. The molecule has 0 aliphatic carbocycles. The topological polar surface area (TPSA) is 52.3 Å². The van der Waals surface area contributed by atoms with Gasteiger partial charge in [-0.3, -0.25) is 4.79 Å². The number of ether oxygens (including phenoxy) is 1. The molecule has 110 valence electrons. The van der Waals surface area contributed by atoms with Crippen LogP contribution in [0.25, 0.3) is 11.1 Å². The maximum absolute atomic E-state index is 12.8. The fraction of sp³-hybridized carbons (Fsp3) is 0.133. The van der Waals surface area contributed by atoms with Gasteiger partial charge in [0.05, 0.1) is 12.7 Å². The van der Waals surface area contributed by atoms with Crippen molar-refractivity contribution in [2.24, 2.45) is 5.73 Å². The summed E-state index contributed by atoms with van der Waals surface area (Å²) in [5.74, 6) is -0.814. The van der Waals surface area contributed by atoms with Crippen LogP contribution in [0, 0.1) is 0 Å². The second-order valence-corrected chi connectivity index (χ2v) is 4.35. The number of halogens is 3. The molecule has 0 unspecified atom stereocenters. The van der Waals surface area contributed by atoms with Gasteiger partial charge in [0, 0.05) is 5.56 Å². The average molecular weight is 295 g/mol. The Hall–Kier alpha value is -2.50. The molecule has 0 radical (unpaired) electrons. The van der Waals surface area contributed by atoms with Gasteiger partial charge in [0.2, 0.25) is 5.91 Å². The van der Waals surface area contributed by atoms with E-state index in [-0.39, 0.29) is 5.75 Å². The van der Waals surface area contributed by atoms with E-state index in [9.17, 15) is 18.0 Å². The summed E-state index contributed by atoms with van der Waals surface area (Å²) in [6.45, 7) is 0. The van der Waals surface area contributed by atoms with Crippen molar-refractivity contribution in [1.82, 2.24) is 0 Å². The van der Waals surface area contributed by atoms with Crippen LogP contribution in [0.15, 0.2) is 42.5 Å². The zero-order valence-corrected chi connectivity index (χ0v) is 11.1. The molecular weight excluding hydrogens is 283 g/mol. The van der Waals surface area contributed by atoms with Crippen LogP contribution in [0.5, 0.6) is 5.75 Å². The molecule has 0 saturated heterocycles. The van der Waals surface area contributed by atoms with Gasteiger partial charge in [0.25, 0.3) is 0 Å². The van der Waals surface area contributed by atoms with Crippen molar-refractivity contribution in [2.45, 2.75) is 6.18 Å². The lowest BCUT2D eigenvalue weighted by molar-refractivity contribution is -0.138. The molecule has 0 spiro atoms. The summed E-state index contributed by atoms with van der Waals surface area (Å²) in [4.78, 5) is 11.0. The van der Waals surface area contributed by atoms with Gasteiger partial charge in [-0.2, -0.15) is 13.2 Å². The molecule has 3 nitrogen and oxygen atoms in total. The second-order valence-electron chi connectivity index (χ2n) is 4.35. The number of primary amides is 1. The number of rotatable bonds is 3. The van der Waals surface area contributed by atoms with Crippen molar-refractivity contribution in [3.05, 3.63) is 53.6 Å². The molecule has 0 aromatic heterocycles. The molecule has 0 aliphatic heterocycles. The predicted molar refractivity (Wildman–Crippen MR) is 71.9 cm³/mol. The quantitative estimate of drug-likeness (QED) is 0.942. The van der Waals surface area contributed by atoms with Crippen molar-refractivity contribution < 1.29 is 22.7 Å². The summed E-state index contributed by atoms with van der Waals surface area (Å²) in [5.41, 5.74) is 5.84. The minimum atomic E-state index is -4.47. The molecule has 2 aromatic rings. The summed E-state index contributed by atoms with van der Waals surface area (Å²) in [5, 5.41) is 0. The first-order valence-corrected chi connectivity index (χ1v) is 5.98. The Labute approximate surface area is 119 Å². The molecule has 0 fully saturated rings. The highest BCUT2D eigenvalue weighted by molar-refractivity contribution is 5.93. The standard InChI is InChI=1S/C15H12F3NO2/c1-21-13-8-11(6-7-12(13)15(16,17)18)9-2-4-10(5-3-9)14(19)20/h2-8H,1H3,(H2,19,20). The molecule has 6 heteroatoms. The van der Waals surface area contributed by atoms with Crippen molar-refractivity contribution in [3.8, 4) is 16.9 Å². The van der Waals surface area contributed by atoms with Crippen LogP contribution in [0.1, 0.15) is 15.9 Å². The first-order valence-electron chi connectivity index (χ1n) is 5.98. The first-order chi connectivity index (χ1) is 9.82.